The molecule has 3 nitrogen and oxygen atoms in total. The van der Waals surface area contributed by atoms with Gasteiger partial charge in [0.05, 0.1) is 13.2 Å². The minimum absolute atomic E-state index is 0.167. The molecule has 0 spiro atoms. The number of hydrogen-bond acceptors (Lipinski definition) is 3. The van der Waals surface area contributed by atoms with Crippen LogP contribution in [0.15, 0.2) is 48.5 Å². The van der Waals surface area contributed by atoms with Crippen molar-refractivity contribution in [3.63, 3.8) is 0 Å². The normalized spacial score (nSPS) is 12.0. The van der Waals surface area contributed by atoms with Gasteiger partial charge in [-0.3, -0.25) is 0 Å². The number of likely N-dealkylation sites (N-methyl/N-ethyl adjacent to an activating group) is 1. The molecule has 2 rings (SSSR count). The fourth-order valence-corrected chi connectivity index (χ4v) is 2.23. The first-order valence-corrected chi connectivity index (χ1v) is 7.30. The zero-order chi connectivity index (χ0) is 15.1. The van der Waals surface area contributed by atoms with Crippen molar-refractivity contribution in [1.82, 2.24) is 5.32 Å². The van der Waals surface area contributed by atoms with E-state index in [0.717, 1.165) is 18.0 Å². The number of benzene rings is 2. The number of aryl methyl sites for hydroxylation is 1. The minimum Gasteiger partial charge on any atom is -0.493 e. The Balaban J connectivity index is 2.08. The standard InChI is InChI=1S/C18H23NO2/c1-4-19-16(15-11-9-14(2)10-12-15)13-21-18-8-6-5-7-17(18)20-3/h5-12,16,19H,4,13H2,1-3H3. The molecule has 0 saturated carbocycles. The molecule has 0 fully saturated rings. The number of rotatable bonds is 7. The van der Waals surface area contributed by atoms with Gasteiger partial charge in [-0.1, -0.05) is 48.9 Å². The molecule has 1 atom stereocenters. The maximum Gasteiger partial charge on any atom is 0.161 e. The van der Waals surface area contributed by atoms with E-state index in [1.165, 1.54) is 11.1 Å². The monoisotopic (exact) mass is 285 g/mol. The summed E-state index contributed by atoms with van der Waals surface area (Å²) in [7, 11) is 1.66. The lowest BCUT2D eigenvalue weighted by atomic mass is 10.1. The van der Waals surface area contributed by atoms with Gasteiger partial charge in [0.1, 0.15) is 6.61 Å². The van der Waals surface area contributed by atoms with Crippen LogP contribution in [0.1, 0.15) is 24.1 Å². The summed E-state index contributed by atoms with van der Waals surface area (Å²) < 4.78 is 11.3. The summed E-state index contributed by atoms with van der Waals surface area (Å²) >= 11 is 0. The van der Waals surface area contributed by atoms with Gasteiger partial charge in [0.25, 0.3) is 0 Å². The van der Waals surface area contributed by atoms with E-state index >= 15 is 0 Å². The number of hydrogen-bond donors (Lipinski definition) is 1. The molecule has 0 aliphatic carbocycles. The number of nitrogens with one attached hydrogen (secondary N) is 1. The van der Waals surface area contributed by atoms with Gasteiger partial charge in [0, 0.05) is 0 Å². The average Bonchev–Trinajstić information content (AvgIpc) is 2.52. The number of para-hydroxylation sites is 2. The molecule has 2 aromatic rings. The lowest BCUT2D eigenvalue weighted by Crippen LogP contribution is -2.26. The van der Waals surface area contributed by atoms with Crippen molar-refractivity contribution in [3.8, 4) is 11.5 Å². The van der Waals surface area contributed by atoms with Gasteiger partial charge in [-0.25, -0.2) is 0 Å². The van der Waals surface area contributed by atoms with Crippen molar-refractivity contribution in [2.24, 2.45) is 0 Å². The fourth-order valence-electron chi connectivity index (χ4n) is 2.23. The van der Waals surface area contributed by atoms with Crippen molar-refractivity contribution >= 4 is 0 Å². The predicted molar refractivity (Wildman–Crippen MR) is 86.1 cm³/mol. The van der Waals surface area contributed by atoms with Crippen LogP contribution >= 0.6 is 0 Å². The smallest absolute Gasteiger partial charge is 0.161 e. The second-order valence-corrected chi connectivity index (χ2v) is 4.98. The molecule has 2 aromatic carbocycles. The van der Waals surface area contributed by atoms with E-state index in [4.69, 9.17) is 9.47 Å². The van der Waals surface area contributed by atoms with Crippen LogP contribution in [0.4, 0.5) is 0 Å². The zero-order valence-electron chi connectivity index (χ0n) is 12.9. The van der Waals surface area contributed by atoms with Crippen LogP contribution in [0.2, 0.25) is 0 Å². The second-order valence-electron chi connectivity index (χ2n) is 4.98. The lowest BCUT2D eigenvalue weighted by Gasteiger charge is -2.20. The van der Waals surface area contributed by atoms with E-state index in [1.54, 1.807) is 7.11 Å². The van der Waals surface area contributed by atoms with Gasteiger partial charge >= 0.3 is 0 Å². The van der Waals surface area contributed by atoms with E-state index in [0.29, 0.717) is 6.61 Å². The average molecular weight is 285 g/mol. The molecule has 0 aliphatic heterocycles. The summed E-state index contributed by atoms with van der Waals surface area (Å²) in [4.78, 5) is 0. The van der Waals surface area contributed by atoms with Crippen LogP contribution in [0.3, 0.4) is 0 Å². The highest BCUT2D eigenvalue weighted by molar-refractivity contribution is 5.39. The Morgan fingerprint density at radius 1 is 1.00 bits per heavy atom. The van der Waals surface area contributed by atoms with Crippen molar-refractivity contribution < 1.29 is 9.47 Å². The van der Waals surface area contributed by atoms with E-state index < -0.39 is 0 Å². The van der Waals surface area contributed by atoms with E-state index in [2.05, 4.69) is 43.4 Å². The second kappa shape index (κ2) is 7.70. The topological polar surface area (TPSA) is 30.5 Å². The highest BCUT2D eigenvalue weighted by atomic mass is 16.5. The maximum atomic E-state index is 5.94. The van der Waals surface area contributed by atoms with Crippen LogP contribution in [-0.2, 0) is 0 Å². The molecule has 0 radical (unpaired) electrons. The molecule has 3 heteroatoms. The van der Waals surface area contributed by atoms with Gasteiger partial charge in [-0.15, -0.1) is 0 Å². The van der Waals surface area contributed by atoms with Crippen LogP contribution in [-0.4, -0.2) is 20.3 Å². The van der Waals surface area contributed by atoms with Crippen LogP contribution < -0.4 is 14.8 Å². The molecule has 0 bridgehead atoms. The van der Waals surface area contributed by atoms with Gasteiger partial charge in [0.15, 0.2) is 11.5 Å². The quantitative estimate of drug-likeness (QED) is 0.840. The van der Waals surface area contributed by atoms with Crippen molar-refractivity contribution in [2.75, 3.05) is 20.3 Å². The molecular formula is C18H23NO2. The molecule has 0 aromatic heterocycles. The highest BCUT2D eigenvalue weighted by Crippen LogP contribution is 2.27. The first-order chi connectivity index (χ1) is 10.2. The summed E-state index contributed by atoms with van der Waals surface area (Å²) in [5, 5.41) is 3.46. The zero-order valence-corrected chi connectivity index (χ0v) is 12.9. The van der Waals surface area contributed by atoms with E-state index in [-0.39, 0.29) is 6.04 Å². The Kier molecular flexibility index (Phi) is 5.64. The Morgan fingerprint density at radius 3 is 2.29 bits per heavy atom. The molecule has 21 heavy (non-hydrogen) atoms. The number of methoxy groups -OCH3 is 1. The minimum atomic E-state index is 0.167. The summed E-state index contributed by atoms with van der Waals surface area (Å²) in [6.07, 6.45) is 0. The lowest BCUT2D eigenvalue weighted by molar-refractivity contribution is 0.255. The van der Waals surface area contributed by atoms with Crippen LogP contribution in [0, 0.1) is 6.92 Å². The van der Waals surface area contributed by atoms with Crippen LogP contribution in [0.25, 0.3) is 0 Å². The van der Waals surface area contributed by atoms with Crippen molar-refractivity contribution in [2.45, 2.75) is 19.9 Å². The van der Waals surface area contributed by atoms with E-state index in [1.807, 2.05) is 24.3 Å². The van der Waals surface area contributed by atoms with E-state index in [9.17, 15) is 0 Å². The van der Waals surface area contributed by atoms with Gasteiger partial charge in [-0.2, -0.15) is 0 Å². The van der Waals surface area contributed by atoms with Gasteiger partial charge < -0.3 is 14.8 Å². The third kappa shape index (κ3) is 4.23. The first-order valence-electron chi connectivity index (χ1n) is 7.30. The molecule has 1 unspecified atom stereocenters. The molecule has 0 amide bonds. The summed E-state index contributed by atoms with van der Waals surface area (Å²) in [5.74, 6) is 1.53. The Morgan fingerprint density at radius 2 is 1.67 bits per heavy atom. The van der Waals surface area contributed by atoms with Gasteiger partial charge in [0.2, 0.25) is 0 Å². The maximum absolute atomic E-state index is 5.94. The van der Waals surface area contributed by atoms with Crippen molar-refractivity contribution in [1.29, 1.82) is 0 Å². The summed E-state index contributed by atoms with van der Waals surface area (Å²) in [6, 6.07) is 16.4. The molecule has 0 saturated heterocycles. The SMILES string of the molecule is CCNC(COc1ccccc1OC)c1ccc(C)cc1. The largest absolute Gasteiger partial charge is 0.493 e. The van der Waals surface area contributed by atoms with Crippen molar-refractivity contribution in [3.05, 3.63) is 59.7 Å². The summed E-state index contributed by atoms with van der Waals surface area (Å²) in [6.45, 7) is 5.66. The molecular weight excluding hydrogens is 262 g/mol. The first kappa shape index (κ1) is 15.4. The van der Waals surface area contributed by atoms with Crippen LogP contribution in [0.5, 0.6) is 11.5 Å². The molecule has 0 heterocycles. The third-order valence-corrected chi connectivity index (χ3v) is 3.40. The Labute approximate surface area is 126 Å². The highest BCUT2D eigenvalue weighted by Gasteiger charge is 2.12. The third-order valence-electron chi connectivity index (χ3n) is 3.40. The summed E-state index contributed by atoms with van der Waals surface area (Å²) in [5.41, 5.74) is 2.50. The predicted octanol–water partition coefficient (Wildman–Crippen LogP) is 3.73. The van der Waals surface area contributed by atoms with Gasteiger partial charge in [-0.05, 0) is 31.2 Å². The Bertz CT molecular complexity index is 551. The molecule has 1 N–H and O–H groups in total. The molecule has 112 valence electrons. The number of ether oxygens (including phenoxy) is 2. The fraction of sp³-hybridized carbons (Fsp3) is 0.333. The molecule has 0 aliphatic rings. The Hall–Kier alpha value is -2.00.